The van der Waals surface area contributed by atoms with Gasteiger partial charge in [-0.15, -0.1) is 0 Å². The molecule has 0 aliphatic carbocycles. The highest BCUT2D eigenvalue weighted by molar-refractivity contribution is 7.98. The number of nitrogen functional groups attached to an aromatic ring is 1. The summed E-state index contributed by atoms with van der Waals surface area (Å²) in [4.78, 5) is 8.87. The Morgan fingerprint density at radius 1 is 1.28 bits per heavy atom. The van der Waals surface area contributed by atoms with Gasteiger partial charge in [-0.25, -0.2) is 9.97 Å². The lowest BCUT2D eigenvalue weighted by molar-refractivity contribution is 0.695. The van der Waals surface area contributed by atoms with Crippen LogP contribution >= 0.6 is 11.8 Å². The van der Waals surface area contributed by atoms with Crippen molar-refractivity contribution in [1.29, 1.82) is 0 Å². The minimum absolute atomic E-state index is 0.289. The Labute approximate surface area is 114 Å². The van der Waals surface area contributed by atoms with Crippen LogP contribution in [0.4, 0.5) is 11.6 Å². The Kier molecular flexibility index (Phi) is 5.72. The molecule has 18 heavy (non-hydrogen) atoms. The summed E-state index contributed by atoms with van der Waals surface area (Å²) in [6.45, 7) is 9.25. The number of rotatable bonds is 6. The molecular weight excluding hydrogens is 244 g/mol. The van der Waals surface area contributed by atoms with Crippen LogP contribution in [-0.4, -0.2) is 28.5 Å². The summed E-state index contributed by atoms with van der Waals surface area (Å²) >= 11 is 1.86. The molecule has 0 amide bonds. The highest BCUT2D eigenvalue weighted by Crippen LogP contribution is 2.21. The van der Waals surface area contributed by atoms with Crippen LogP contribution in [0.15, 0.2) is 0 Å². The van der Waals surface area contributed by atoms with Gasteiger partial charge in [-0.3, -0.25) is 0 Å². The van der Waals surface area contributed by atoms with Crippen molar-refractivity contribution in [3.63, 3.8) is 0 Å². The van der Waals surface area contributed by atoms with Crippen LogP contribution in [0, 0.1) is 12.8 Å². The molecule has 0 saturated carbocycles. The van der Waals surface area contributed by atoms with Gasteiger partial charge in [-0.1, -0.05) is 20.8 Å². The topological polar surface area (TPSA) is 63.8 Å². The minimum atomic E-state index is 0.289. The SMILES string of the molecule is CSCC(C)CNc1nc(C(C)C)nc(N)c1C. The van der Waals surface area contributed by atoms with Crippen LogP contribution < -0.4 is 11.1 Å². The number of nitrogens with zero attached hydrogens (tertiary/aromatic N) is 2. The maximum atomic E-state index is 5.93. The van der Waals surface area contributed by atoms with E-state index in [0.717, 1.165) is 29.5 Å². The lowest BCUT2D eigenvalue weighted by atomic mass is 10.2. The third-order valence-corrected chi connectivity index (χ3v) is 3.69. The van der Waals surface area contributed by atoms with Crippen LogP contribution in [0.1, 0.15) is 38.1 Å². The molecule has 1 aromatic heterocycles. The third kappa shape index (κ3) is 4.05. The summed E-state index contributed by atoms with van der Waals surface area (Å²) in [6, 6.07) is 0. The number of anilines is 2. The van der Waals surface area contributed by atoms with Gasteiger partial charge in [0, 0.05) is 18.0 Å². The lowest BCUT2D eigenvalue weighted by Gasteiger charge is -2.16. The molecule has 0 fully saturated rings. The Bertz CT molecular complexity index is 393. The maximum Gasteiger partial charge on any atom is 0.135 e. The molecule has 4 nitrogen and oxygen atoms in total. The number of hydrogen-bond acceptors (Lipinski definition) is 5. The second kappa shape index (κ2) is 6.83. The Hall–Kier alpha value is -0.970. The van der Waals surface area contributed by atoms with Gasteiger partial charge in [0.15, 0.2) is 0 Å². The van der Waals surface area contributed by atoms with Crippen molar-refractivity contribution >= 4 is 23.4 Å². The summed E-state index contributed by atoms with van der Waals surface area (Å²) in [6.07, 6.45) is 2.13. The summed E-state index contributed by atoms with van der Waals surface area (Å²) in [5.41, 5.74) is 6.87. The number of aromatic nitrogens is 2. The fourth-order valence-corrected chi connectivity index (χ4v) is 2.28. The first-order chi connectivity index (χ1) is 8.45. The molecule has 0 spiro atoms. The average molecular weight is 268 g/mol. The van der Waals surface area contributed by atoms with E-state index < -0.39 is 0 Å². The van der Waals surface area contributed by atoms with Gasteiger partial charge in [0.25, 0.3) is 0 Å². The summed E-state index contributed by atoms with van der Waals surface area (Å²) in [7, 11) is 0. The monoisotopic (exact) mass is 268 g/mol. The highest BCUT2D eigenvalue weighted by atomic mass is 32.2. The lowest BCUT2D eigenvalue weighted by Crippen LogP contribution is -2.17. The molecule has 3 N–H and O–H groups in total. The van der Waals surface area contributed by atoms with E-state index >= 15 is 0 Å². The first-order valence-electron chi connectivity index (χ1n) is 6.32. The fraction of sp³-hybridized carbons (Fsp3) is 0.692. The van der Waals surface area contributed by atoms with Crippen LogP contribution in [0.5, 0.6) is 0 Å². The van der Waals surface area contributed by atoms with Gasteiger partial charge in [0.05, 0.1) is 0 Å². The Morgan fingerprint density at radius 2 is 1.94 bits per heavy atom. The molecule has 1 heterocycles. The number of nitrogens with one attached hydrogen (secondary N) is 1. The van der Waals surface area contributed by atoms with Gasteiger partial charge in [-0.2, -0.15) is 11.8 Å². The van der Waals surface area contributed by atoms with Crippen molar-refractivity contribution in [3.8, 4) is 0 Å². The first-order valence-corrected chi connectivity index (χ1v) is 7.71. The molecule has 1 rings (SSSR count). The van der Waals surface area contributed by atoms with Gasteiger partial charge >= 0.3 is 0 Å². The zero-order chi connectivity index (χ0) is 13.7. The van der Waals surface area contributed by atoms with E-state index in [9.17, 15) is 0 Å². The van der Waals surface area contributed by atoms with Crippen LogP contribution in [-0.2, 0) is 0 Å². The van der Waals surface area contributed by atoms with E-state index in [-0.39, 0.29) is 5.92 Å². The molecule has 0 aliphatic heterocycles. The van der Waals surface area contributed by atoms with E-state index in [0.29, 0.717) is 11.7 Å². The van der Waals surface area contributed by atoms with Crippen molar-refractivity contribution in [3.05, 3.63) is 11.4 Å². The fourth-order valence-electron chi connectivity index (χ4n) is 1.60. The van der Waals surface area contributed by atoms with Gasteiger partial charge in [0.2, 0.25) is 0 Å². The van der Waals surface area contributed by atoms with Gasteiger partial charge in [-0.05, 0) is 24.9 Å². The molecule has 0 aromatic carbocycles. The second-order valence-electron chi connectivity index (χ2n) is 5.04. The molecule has 0 radical (unpaired) electrons. The summed E-state index contributed by atoms with van der Waals surface area (Å²) in [5, 5.41) is 3.39. The molecular formula is C13H24N4S. The third-order valence-electron chi connectivity index (χ3n) is 2.79. The predicted octanol–water partition coefficient (Wildman–Crippen LogP) is 2.90. The van der Waals surface area contributed by atoms with E-state index in [1.165, 1.54) is 0 Å². The van der Waals surface area contributed by atoms with E-state index in [1.807, 2.05) is 18.7 Å². The number of hydrogen-bond donors (Lipinski definition) is 2. The molecule has 5 heteroatoms. The minimum Gasteiger partial charge on any atom is -0.383 e. The molecule has 102 valence electrons. The van der Waals surface area contributed by atoms with Crippen molar-refractivity contribution in [2.75, 3.05) is 29.6 Å². The van der Waals surface area contributed by atoms with Crippen LogP contribution in [0.3, 0.4) is 0 Å². The van der Waals surface area contributed by atoms with E-state index in [2.05, 4.69) is 42.3 Å². The molecule has 1 atom stereocenters. The van der Waals surface area contributed by atoms with Crippen LogP contribution in [0.25, 0.3) is 0 Å². The van der Waals surface area contributed by atoms with Crippen LogP contribution in [0.2, 0.25) is 0 Å². The summed E-state index contributed by atoms with van der Waals surface area (Å²) in [5.74, 6) is 4.30. The number of nitrogens with two attached hydrogens (primary N) is 1. The molecule has 1 aromatic rings. The van der Waals surface area contributed by atoms with Crippen molar-refractivity contribution in [2.45, 2.75) is 33.6 Å². The van der Waals surface area contributed by atoms with Gasteiger partial charge in [0.1, 0.15) is 17.5 Å². The normalized spacial score (nSPS) is 12.8. The largest absolute Gasteiger partial charge is 0.383 e. The predicted molar refractivity (Wildman–Crippen MR) is 81.3 cm³/mol. The van der Waals surface area contributed by atoms with Crippen molar-refractivity contribution in [2.24, 2.45) is 5.92 Å². The van der Waals surface area contributed by atoms with Crippen molar-refractivity contribution < 1.29 is 0 Å². The Morgan fingerprint density at radius 3 is 2.50 bits per heavy atom. The van der Waals surface area contributed by atoms with E-state index in [1.54, 1.807) is 0 Å². The molecule has 1 unspecified atom stereocenters. The van der Waals surface area contributed by atoms with Crippen molar-refractivity contribution in [1.82, 2.24) is 9.97 Å². The highest BCUT2D eigenvalue weighted by Gasteiger charge is 2.11. The van der Waals surface area contributed by atoms with E-state index in [4.69, 9.17) is 5.73 Å². The molecule has 0 bridgehead atoms. The quantitative estimate of drug-likeness (QED) is 0.830. The number of thioether (sulfide) groups is 1. The summed E-state index contributed by atoms with van der Waals surface area (Å²) < 4.78 is 0. The molecule has 0 saturated heterocycles. The van der Waals surface area contributed by atoms with Gasteiger partial charge < -0.3 is 11.1 Å². The zero-order valence-electron chi connectivity index (χ0n) is 11.9. The molecule has 0 aliphatic rings. The average Bonchev–Trinajstić information content (AvgIpc) is 2.31. The Balaban J connectivity index is 2.81. The first kappa shape index (κ1) is 15.1. The zero-order valence-corrected chi connectivity index (χ0v) is 12.8. The standard InChI is InChI=1S/C13H24N4S/c1-8(2)12-16-11(14)10(4)13(17-12)15-6-9(3)7-18-5/h8-9H,6-7H2,1-5H3,(H3,14,15,16,17). The smallest absolute Gasteiger partial charge is 0.135 e. The second-order valence-corrected chi connectivity index (χ2v) is 5.95. The maximum absolute atomic E-state index is 5.93.